The van der Waals surface area contributed by atoms with E-state index < -0.39 is 86.9 Å². The molecule has 2 aromatic carbocycles. The minimum atomic E-state index is -4.77. The lowest BCUT2D eigenvalue weighted by molar-refractivity contribution is -0.141. The molecule has 260 valence electrons. The molecule has 3 aromatic rings. The molecule has 2 aliphatic heterocycles. The van der Waals surface area contributed by atoms with Crippen molar-refractivity contribution in [1.82, 2.24) is 14.9 Å². The van der Waals surface area contributed by atoms with Gasteiger partial charge in [-0.3, -0.25) is 29.5 Å². The topological polar surface area (TPSA) is 120 Å². The Labute approximate surface area is 292 Å². The van der Waals surface area contributed by atoms with E-state index in [1.807, 2.05) is 6.92 Å². The van der Waals surface area contributed by atoms with Gasteiger partial charge in [0.05, 0.1) is 33.8 Å². The highest BCUT2D eigenvalue weighted by Gasteiger charge is 2.70. The van der Waals surface area contributed by atoms with E-state index in [0.29, 0.717) is 34.3 Å². The molecule has 15 heteroatoms. The van der Waals surface area contributed by atoms with Gasteiger partial charge in [-0.2, -0.15) is 18.2 Å². The quantitative estimate of drug-likeness (QED) is 0.166. The Balaban J connectivity index is 1.44. The maximum absolute atomic E-state index is 15.2. The number of nitrogens with zero attached hydrogens (tertiary/aromatic N) is 3. The van der Waals surface area contributed by atoms with E-state index in [-0.39, 0.29) is 36.4 Å². The molecule has 0 bridgehead atoms. The second-order valence-electron chi connectivity index (χ2n) is 12.9. The Morgan fingerprint density at radius 1 is 1.02 bits per heavy atom. The monoisotopic (exact) mass is 730 g/mol. The van der Waals surface area contributed by atoms with Crippen molar-refractivity contribution in [1.29, 1.82) is 0 Å². The van der Waals surface area contributed by atoms with Gasteiger partial charge in [-0.15, -0.1) is 0 Å². The van der Waals surface area contributed by atoms with Crippen LogP contribution in [0.25, 0.3) is 0 Å². The maximum Gasteiger partial charge on any atom is 0.417 e. The highest BCUT2D eigenvalue weighted by molar-refractivity contribution is 6.33. The number of likely N-dealkylation sites (tertiary alicyclic amines) is 1. The van der Waals surface area contributed by atoms with Gasteiger partial charge in [0.15, 0.2) is 17.4 Å². The first-order chi connectivity index (χ1) is 23.7. The number of rotatable bonds is 6. The molecule has 6 atom stereocenters. The van der Waals surface area contributed by atoms with Crippen LogP contribution in [-0.4, -0.2) is 50.2 Å². The van der Waals surface area contributed by atoms with Gasteiger partial charge in [-0.25, -0.2) is 9.37 Å². The van der Waals surface area contributed by atoms with Gasteiger partial charge in [0, 0.05) is 29.2 Å². The SMILES string of the molecule is CCCN1C(=O)[C@H]2[C@H](CC=C3[C@H]2C[C@H]2C(=O)N(Nc4ncc(C(F)(F)F)cc4Cl)C(=O)[C@@]2(c2ccc(Cl)cc2)[C@H]3c2cccc(F)c2O)C1=O. The van der Waals surface area contributed by atoms with Gasteiger partial charge in [-0.1, -0.05) is 66.0 Å². The zero-order valence-electron chi connectivity index (χ0n) is 26.2. The number of carbonyl (C=O) groups excluding carboxylic acids is 4. The molecule has 9 nitrogen and oxygen atoms in total. The van der Waals surface area contributed by atoms with Crippen molar-refractivity contribution in [2.75, 3.05) is 12.0 Å². The molecule has 2 saturated heterocycles. The van der Waals surface area contributed by atoms with E-state index in [4.69, 9.17) is 23.2 Å². The van der Waals surface area contributed by atoms with E-state index >= 15 is 9.18 Å². The van der Waals surface area contributed by atoms with Crippen molar-refractivity contribution >= 4 is 52.6 Å². The number of carbonyl (C=O) groups is 4. The van der Waals surface area contributed by atoms with E-state index in [0.717, 1.165) is 6.07 Å². The molecule has 3 heterocycles. The third kappa shape index (κ3) is 4.91. The Kier molecular flexibility index (Phi) is 8.21. The normalized spacial score (nSPS) is 27.7. The summed E-state index contributed by atoms with van der Waals surface area (Å²) in [5.74, 6) is -9.53. The number of alkyl halides is 3. The first-order valence-corrected chi connectivity index (χ1v) is 16.6. The van der Waals surface area contributed by atoms with Crippen LogP contribution in [0.5, 0.6) is 5.75 Å². The van der Waals surface area contributed by atoms with E-state index in [1.54, 1.807) is 6.08 Å². The van der Waals surface area contributed by atoms with Crippen LogP contribution in [0.15, 0.2) is 66.4 Å². The van der Waals surface area contributed by atoms with Gasteiger partial charge in [0.25, 0.3) is 11.8 Å². The van der Waals surface area contributed by atoms with Crippen molar-refractivity contribution in [2.24, 2.45) is 23.7 Å². The highest BCUT2D eigenvalue weighted by atomic mass is 35.5. The molecular weight excluding hydrogens is 703 g/mol. The summed E-state index contributed by atoms with van der Waals surface area (Å²) in [4.78, 5) is 62.0. The van der Waals surface area contributed by atoms with Crippen LogP contribution in [0.2, 0.25) is 10.0 Å². The molecule has 0 spiro atoms. The van der Waals surface area contributed by atoms with Gasteiger partial charge >= 0.3 is 6.18 Å². The molecule has 0 radical (unpaired) electrons. The van der Waals surface area contributed by atoms with E-state index in [9.17, 15) is 32.7 Å². The summed E-state index contributed by atoms with van der Waals surface area (Å²) in [6.45, 7) is 2.03. The summed E-state index contributed by atoms with van der Waals surface area (Å²) in [6.07, 6.45) is -1.97. The average Bonchev–Trinajstić information content (AvgIpc) is 3.44. The fourth-order valence-corrected chi connectivity index (χ4v) is 8.74. The number of imide groups is 2. The second-order valence-corrected chi connectivity index (χ2v) is 13.8. The summed E-state index contributed by atoms with van der Waals surface area (Å²) in [5.41, 5.74) is 0.194. The number of amides is 4. The zero-order chi connectivity index (χ0) is 35.9. The van der Waals surface area contributed by atoms with Crippen molar-refractivity contribution < 1.29 is 41.8 Å². The Morgan fingerprint density at radius 3 is 2.40 bits per heavy atom. The van der Waals surface area contributed by atoms with Crippen LogP contribution >= 0.6 is 23.2 Å². The van der Waals surface area contributed by atoms with Crippen molar-refractivity contribution in [2.45, 2.75) is 43.7 Å². The predicted molar refractivity (Wildman–Crippen MR) is 172 cm³/mol. The molecule has 2 N–H and O–H groups in total. The molecule has 2 aliphatic carbocycles. The number of phenolic OH excluding ortho intramolecular Hbond substituents is 1. The highest BCUT2D eigenvalue weighted by Crippen LogP contribution is 2.65. The molecule has 7 rings (SSSR count). The number of hydrazine groups is 1. The number of anilines is 1. The Bertz CT molecular complexity index is 1990. The summed E-state index contributed by atoms with van der Waals surface area (Å²) in [7, 11) is 0. The summed E-state index contributed by atoms with van der Waals surface area (Å²) in [6, 6.07) is 10.5. The zero-order valence-corrected chi connectivity index (χ0v) is 27.7. The van der Waals surface area contributed by atoms with Crippen molar-refractivity contribution in [3.05, 3.63) is 98.9 Å². The fraction of sp³-hybridized carbons (Fsp3) is 0.343. The lowest BCUT2D eigenvalue weighted by atomic mass is 9.49. The minimum Gasteiger partial charge on any atom is -0.505 e. The third-order valence-corrected chi connectivity index (χ3v) is 11.0. The third-order valence-electron chi connectivity index (χ3n) is 10.4. The maximum atomic E-state index is 15.2. The van der Waals surface area contributed by atoms with Crippen molar-refractivity contribution in [3.8, 4) is 5.75 Å². The number of nitrogens with one attached hydrogen (secondary N) is 1. The smallest absolute Gasteiger partial charge is 0.417 e. The van der Waals surface area contributed by atoms with Gasteiger partial charge in [-0.05, 0) is 55.0 Å². The molecule has 3 fully saturated rings. The number of pyridine rings is 1. The molecule has 4 amide bonds. The molecule has 4 aliphatic rings. The van der Waals surface area contributed by atoms with Crippen LogP contribution in [-0.2, 0) is 30.8 Å². The number of para-hydroxylation sites is 1. The Morgan fingerprint density at radius 2 is 1.74 bits per heavy atom. The van der Waals surface area contributed by atoms with Crippen molar-refractivity contribution in [3.63, 3.8) is 0 Å². The van der Waals surface area contributed by atoms with E-state index in [1.165, 1.54) is 41.3 Å². The van der Waals surface area contributed by atoms with Crippen LogP contribution in [0.4, 0.5) is 23.4 Å². The molecule has 1 aromatic heterocycles. The number of hydrogen-bond donors (Lipinski definition) is 2. The van der Waals surface area contributed by atoms with Crippen LogP contribution < -0.4 is 5.43 Å². The van der Waals surface area contributed by atoms with Crippen LogP contribution in [0.1, 0.15) is 48.8 Å². The average molecular weight is 732 g/mol. The number of halogens is 6. The van der Waals surface area contributed by atoms with E-state index in [2.05, 4.69) is 10.4 Å². The first kappa shape index (κ1) is 34.0. The lowest BCUT2D eigenvalue weighted by Crippen LogP contribution is -2.53. The predicted octanol–water partition coefficient (Wildman–Crippen LogP) is 6.65. The molecule has 50 heavy (non-hydrogen) atoms. The van der Waals surface area contributed by atoms with Gasteiger partial charge in [0.1, 0.15) is 0 Å². The number of fused-ring (bicyclic) bond motifs is 4. The fourth-order valence-electron chi connectivity index (χ4n) is 8.40. The number of benzene rings is 2. The number of phenols is 1. The summed E-state index contributed by atoms with van der Waals surface area (Å²) in [5, 5.41) is 11.6. The number of aromatic hydroxyl groups is 1. The standard InChI is InChI=1S/C35H28Cl2F4N4O5/c1-2-12-44-30(47)20-11-10-19-22(26(20)32(44)49)14-23-31(48)45(43-29-24(37)13-17(15-42-29)35(39,40)41)33(50)34(23,16-6-8-18(36)9-7-16)27(19)21-4-3-5-25(38)28(21)46/h3-10,13,15,20,22-23,26-27,46H,2,11-12,14H2,1H3,(H,42,43)/t20-,22+,23-,26-,27+,34+/m0/s1. The number of aromatic nitrogens is 1. The van der Waals surface area contributed by atoms with Gasteiger partial charge < -0.3 is 5.11 Å². The van der Waals surface area contributed by atoms with Crippen LogP contribution in [0, 0.1) is 29.5 Å². The van der Waals surface area contributed by atoms with Crippen LogP contribution in [0.3, 0.4) is 0 Å². The Hall–Kier alpha value is -4.49. The number of hydrogen-bond acceptors (Lipinski definition) is 7. The molecule has 1 saturated carbocycles. The summed E-state index contributed by atoms with van der Waals surface area (Å²) < 4.78 is 55.3. The second kappa shape index (κ2) is 12.1. The lowest BCUT2D eigenvalue weighted by Gasteiger charge is -2.50. The molecular formula is C35H28Cl2F4N4O5. The summed E-state index contributed by atoms with van der Waals surface area (Å²) >= 11 is 12.4. The van der Waals surface area contributed by atoms with Gasteiger partial charge in [0.2, 0.25) is 11.8 Å². The molecule has 0 unspecified atom stereocenters. The largest absolute Gasteiger partial charge is 0.505 e. The first-order valence-electron chi connectivity index (χ1n) is 15.9. The minimum absolute atomic E-state index is 0.0322. The number of allylic oxidation sites excluding steroid dienone is 2.